The van der Waals surface area contributed by atoms with Gasteiger partial charge in [0.2, 0.25) is 0 Å². The molecule has 2 aliphatic rings. The largest absolute Gasteiger partial charge is 0.163 e. The summed E-state index contributed by atoms with van der Waals surface area (Å²) < 4.78 is 0. The Morgan fingerprint density at radius 1 is 1.15 bits per heavy atom. The van der Waals surface area contributed by atoms with Crippen LogP contribution in [0, 0.1) is 11.8 Å². The lowest BCUT2D eigenvalue weighted by Gasteiger charge is -2.27. The van der Waals surface area contributed by atoms with E-state index < -0.39 is 0 Å². The summed E-state index contributed by atoms with van der Waals surface area (Å²) in [6.07, 6.45) is 10.3. The molecule has 0 amide bonds. The average Bonchev–Trinajstić information content (AvgIpc) is 2.07. The van der Waals surface area contributed by atoms with E-state index in [1.54, 1.807) is 0 Å². The minimum atomic E-state index is 0.692. The highest BCUT2D eigenvalue weighted by molar-refractivity contribution is 5.89. The highest BCUT2D eigenvalue weighted by atomic mass is 15.2. The Balaban J connectivity index is 2.08. The fraction of sp³-hybridized carbons (Fsp3) is 0.818. The van der Waals surface area contributed by atoms with Crippen LogP contribution in [0.4, 0.5) is 0 Å². The van der Waals surface area contributed by atoms with Gasteiger partial charge in [-0.05, 0) is 19.8 Å². The first-order valence-electron chi connectivity index (χ1n) is 5.45. The summed E-state index contributed by atoms with van der Waals surface area (Å²) in [6, 6.07) is 0. The third kappa shape index (κ3) is 1.98. The van der Waals surface area contributed by atoms with E-state index in [9.17, 15) is 0 Å². The zero-order valence-electron chi connectivity index (χ0n) is 8.37. The summed E-state index contributed by atoms with van der Waals surface area (Å²) >= 11 is 0. The molecule has 13 heavy (non-hydrogen) atoms. The molecule has 2 atom stereocenters. The molecule has 72 valence electrons. The summed E-state index contributed by atoms with van der Waals surface area (Å²) in [4.78, 5) is 0. The van der Waals surface area contributed by atoms with Gasteiger partial charge in [-0.15, -0.1) is 0 Å². The van der Waals surface area contributed by atoms with Gasteiger partial charge in [0, 0.05) is 23.8 Å². The van der Waals surface area contributed by atoms with E-state index in [0.29, 0.717) is 11.8 Å². The van der Waals surface area contributed by atoms with E-state index in [4.69, 9.17) is 0 Å². The van der Waals surface area contributed by atoms with Gasteiger partial charge in [-0.1, -0.05) is 25.7 Å². The van der Waals surface area contributed by atoms with Crippen LogP contribution in [0.3, 0.4) is 0 Å². The zero-order valence-corrected chi connectivity index (χ0v) is 8.37. The lowest BCUT2D eigenvalue weighted by atomic mass is 9.79. The smallest absolute Gasteiger partial charge is 0.0412 e. The molecule has 1 heterocycles. The summed E-state index contributed by atoms with van der Waals surface area (Å²) in [6.45, 7) is 2.13. The molecule has 1 fully saturated rings. The van der Waals surface area contributed by atoms with Crippen LogP contribution in [0.25, 0.3) is 0 Å². The van der Waals surface area contributed by atoms with Gasteiger partial charge in [-0.25, -0.2) is 0 Å². The third-order valence-electron chi connectivity index (χ3n) is 3.33. The Kier molecular flexibility index (Phi) is 2.77. The van der Waals surface area contributed by atoms with Gasteiger partial charge in [0.25, 0.3) is 0 Å². The van der Waals surface area contributed by atoms with E-state index in [-0.39, 0.29) is 0 Å². The monoisotopic (exact) mass is 178 g/mol. The van der Waals surface area contributed by atoms with Crippen molar-refractivity contribution in [2.45, 2.75) is 45.4 Å². The van der Waals surface area contributed by atoms with E-state index in [0.717, 1.165) is 0 Å². The average molecular weight is 178 g/mol. The fourth-order valence-corrected chi connectivity index (χ4v) is 2.49. The maximum Gasteiger partial charge on any atom is 0.0412 e. The van der Waals surface area contributed by atoms with Crippen molar-refractivity contribution in [3.8, 4) is 0 Å². The molecule has 1 aliphatic carbocycles. The Bertz CT molecular complexity index is 230. The predicted octanol–water partition coefficient (Wildman–Crippen LogP) is 3.03. The number of hydrogen-bond donors (Lipinski definition) is 0. The first kappa shape index (κ1) is 8.92. The molecule has 1 saturated carbocycles. The van der Waals surface area contributed by atoms with E-state index in [1.165, 1.54) is 44.2 Å². The second-order valence-corrected chi connectivity index (χ2v) is 4.27. The van der Waals surface area contributed by atoms with Gasteiger partial charge in [0.05, 0.1) is 0 Å². The molecule has 0 bridgehead atoms. The third-order valence-corrected chi connectivity index (χ3v) is 3.33. The van der Waals surface area contributed by atoms with Crippen molar-refractivity contribution in [1.29, 1.82) is 0 Å². The SMILES string of the molecule is CC1=NN=CC2CCCCCCC12. The Labute approximate surface area is 80.1 Å². The highest BCUT2D eigenvalue weighted by Gasteiger charge is 2.25. The maximum atomic E-state index is 4.17. The van der Waals surface area contributed by atoms with Crippen molar-refractivity contribution in [2.24, 2.45) is 22.0 Å². The minimum Gasteiger partial charge on any atom is -0.163 e. The number of fused-ring (bicyclic) bond motifs is 1. The molecule has 0 spiro atoms. The predicted molar refractivity (Wildman–Crippen MR) is 56.3 cm³/mol. The molecule has 2 rings (SSSR count). The van der Waals surface area contributed by atoms with Gasteiger partial charge < -0.3 is 0 Å². The molecule has 0 saturated heterocycles. The minimum absolute atomic E-state index is 0.692. The summed E-state index contributed by atoms with van der Waals surface area (Å²) in [7, 11) is 0. The standard InChI is InChI=1S/C11H18N2/c1-9-11-7-5-3-2-4-6-10(11)8-12-13-9/h8,10-11H,2-7H2,1H3. The van der Waals surface area contributed by atoms with E-state index in [1.807, 2.05) is 0 Å². The zero-order chi connectivity index (χ0) is 9.10. The summed E-state index contributed by atoms with van der Waals surface area (Å²) in [5, 5.41) is 8.25. The quantitative estimate of drug-likeness (QED) is 0.544. The molecule has 2 unspecified atom stereocenters. The van der Waals surface area contributed by atoms with Gasteiger partial charge in [0.1, 0.15) is 0 Å². The summed E-state index contributed by atoms with van der Waals surface area (Å²) in [5.74, 6) is 1.40. The molecule has 0 aromatic heterocycles. The summed E-state index contributed by atoms with van der Waals surface area (Å²) in [5.41, 5.74) is 1.26. The van der Waals surface area contributed by atoms with E-state index >= 15 is 0 Å². The molecule has 2 nitrogen and oxygen atoms in total. The number of rotatable bonds is 0. The molecule has 0 N–H and O–H groups in total. The Morgan fingerprint density at radius 2 is 1.92 bits per heavy atom. The number of hydrogen-bond acceptors (Lipinski definition) is 2. The molecule has 0 aromatic carbocycles. The van der Waals surface area contributed by atoms with Gasteiger partial charge in [-0.3, -0.25) is 0 Å². The van der Waals surface area contributed by atoms with Crippen LogP contribution in [-0.4, -0.2) is 11.9 Å². The fourth-order valence-electron chi connectivity index (χ4n) is 2.49. The second kappa shape index (κ2) is 4.03. The van der Waals surface area contributed by atoms with Crippen LogP contribution in [-0.2, 0) is 0 Å². The normalized spacial score (nSPS) is 34.4. The highest BCUT2D eigenvalue weighted by Crippen LogP contribution is 2.29. The van der Waals surface area contributed by atoms with Gasteiger partial charge in [0.15, 0.2) is 0 Å². The van der Waals surface area contributed by atoms with Crippen molar-refractivity contribution < 1.29 is 0 Å². The van der Waals surface area contributed by atoms with Crippen LogP contribution < -0.4 is 0 Å². The van der Waals surface area contributed by atoms with Crippen LogP contribution in [0.15, 0.2) is 10.2 Å². The van der Waals surface area contributed by atoms with Gasteiger partial charge >= 0.3 is 0 Å². The van der Waals surface area contributed by atoms with Crippen molar-refractivity contribution in [3.05, 3.63) is 0 Å². The van der Waals surface area contributed by atoms with Crippen molar-refractivity contribution in [3.63, 3.8) is 0 Å². The van der Waals surface area contributed by atoms with Crippen LogP contribution in [0.1, 0.15) is 45.4 Å². The van der Waals surface area contributed by atoms with Crippen LogP contribution in [0.2, 0.25) is 0 Å². The molecule has 0 aromatic rings. The maximum absolute atomic E-state index is 4.17. The molecular weight excluding hydrogens is 160 g/mol. The number of nitrogens with zero attached hydrogens (tertiary/aromatic N) is 2. The Hall–Kier alpha value is -0.660. The van der Waals surface area contributed by atoms with E-state index in [2.05, 4.69) is 23.3 Å². The lowest BCUT2D eigenvalue weighted by Crippen LogP contribution is -2.26. The second-order valence-electron chi connectivity index (χ2n) is 4.27. The first-order valence-corrected chi connectivity index (χ1v) is 5.45. The topological polar surface area (TPSA) is 24.7 Å². The molecule has 2 heteroatoms. The van der Waals surface area contributed by atoms with Crippen molar-refractivity contribution in [1.82, 2.24) is 0 Å². The molecule has 0 radical (unpaired) electrons. The van der Waals surface area contributed by atoms with Crippen LogP contribution >= 0.6 is 0 Å². The molecular formula is C11H18N2. The lowest BCUT2D eigenvalue weighted by molar-refractivity contribution is 0.395. The van der Waals surface area contributed by atoms with Crippen molar-refractivity contribution >= 4 is 11.9 Å². The molecule has 1 aliphatic heterocycles. The van der Waals surface area contributed by atoms with Crippen LogP contribution in [0.5, 0.6) is 0 Å². The van der Waals surface area contributed by atoms with Gasteiger partial charge in [-0.2, -0.15) is 10.2 Å². The Morgan fingerprint density at radius 3 is 2.77 bits per heavy atom. The van der Waals surface area contributed by atoms with Crippen molar-refractivity contribution in [2.75, 3.05) is 0 Å². The first-order chi connectivity index (χ1) is 6.38.